The molecule has 158 valence electrons. The Balaban J connectivity index is 1.69. The Hall–Kier alpha value is -3.39. The molecular weight excluding hydrogens is 394 g/mol. The molecule has 0 bridgehead atoms. The van der Waals surface area contributed by atoms with Crippen LogP contribution in [-0.4, -0.2) is 60.3 Å². The average molecular weight is 415 g/mol. The maximum Gasteiger partial charge on any atom is 0.509 e. The van der Waals surface area contributed by atoms with Gasteiger partial charge in [0.25, 0.3) is 5.78 Å². The highest BCUT2D eigenvalue weighted by Gasteiger charge is 2.46. The van der Waals surface area contributed by atoms with Gasteiger partial charge in [0.05, 0.1) is 24.2 Å². The molecule has 0 amide bonds. The summed E-state index contributed by atoms with van der Waals surface area (Å²) in [5.41, 5.74) is 10.2. The second-order valence-electron chi connectivity index (χ2n) is 8.44. The van der Waals surface area contributed by atoms with Crippen LogP contribution >= 0.6 is 0 Å². The second-order valence-corrected chi connectivity index (χ2v) is 8.44. The molecule has 3 heterocycles. The van der Waals surface area contributed by atoms with Gasteiger partial charge in [-0.2, -0.15) is 4.79 Å². The molecule has 2 fully saturated rings. The molecule has 2 atom stereocenters. The van der Waals surface area contributed by atoms with E-state index >= 15 is 0 Å². The molecule has 0 radical (unpaired) electrons. The molecule has 2 saturated heterocycles. The smallest absolute Gasteiger partial charge is 0.484 e. The predicted molar refractivity (Wildman–Crippen MR) is 101 cm³/mol. The molecule has 0 N–H and O–H groups in total. The molecule has 1 aromatic carbocycles. The molecule has 3 aliphatic heterocycles. The van der Waals surface area contributed by atoms with Gasteiger partial charge in [-0.05, 0) is 38.5 Å². The van der Waals surface area contributed by atoms with E-state index < -0.39 is 29.6 Å². The van der Waals surface area contributed by atoms with Crippen LogP contribution in [0.5, 0.6) is 5.75 Å². The van der Waals surface area contributed by atoms with Crippen LogP contribution in [0.15, 0.2) is 12.1 Å². The first-order chi connectivity index (χ1) is 14.2. The summed E-state index contributed by atoms with van der Waals surface area (Å²) in [6, 6.07) is 3.39. The zero-order valence-electron chi connectivity index (χ0n) is 16.8. The minimum absolute atomic E-state index is 0.00543. The zero-order valence-corrected chi connectivity index (χ0v) is 16.8. The van der Waals surface area contributed by atoms with Crippen molar-refractivity contribution >= 4 is 29.3 Å². The van der Waals surface area contributed by atoms with E-state index in [1.54, 1.807) is 32.9 Å². The molecule has 4 rings (SSSR count). The third kappa shape index (κ3) is 3.50. The van der Waals surface area contributed by atoms with Crippen molar-refractivity contribution in [1.29, 1.82) is 0 Å². The lowest BCUT2D eigenvalue weighted by atomic mass is 9.97. The molecular formula is C20H21N3O7. The van der Waals surface area contributed by atoms with Gasteiger partial charge in [-0.3, -0.25) is 9.59 Å². The molecule has 0 unspecified atom stereocenters. The van der Waals surface area contributed by atoms with Crippen LogP contribution in [0.2, 0.25) is 0 Å². The van der Waals surface area contributed by atoms with Gasteiger partial charge in [-0.15, -0.1) is 0 Å². The van der Waals surface area contributed by atoms with E-state index in [1.807, 2.05) is 4.90 Å². The van der Waals surface area contributed by atoms with Crippen LogP contribution in [0.3, 0.4) is 0 Å². The van der Waals surface area contributed by atoms with E-state index in [-0.39, 0.29) is 24.9 Å². The number of fused-ring (bicyclic) bond motifs is 2. The van der Waals surface area contributed by atoms with Gasteiger partial charge in [-0.25, -0.2) is 4.79 Å². The van der Waals surface area contributed by atoms with Crippen LogP contribution in [0.4, 0.5) is 10.5 Å². The van der Waals surface area contributed by atoms with Crippen molar-refractivity contribution in [3.63, 3.8) is 0 Å². The van der Waals surface area contributed by atoms with Gasteiger partial charge in [0.2, 0.25) is 0 Å². The van der Waals surface area contributed by atoms with E-state index in [0.29, 0.717) is 35.7 Å². The lowest BCUT2D eigenvalue weighted by molar-refractivity contribution is -0.154. The van der Waals surface area contributed by atoms with Crippen LogP contribution in [0, 0.1) is 5.41 Å². The van der Waals surface area contributed by atoms with Gasteiger partial charge >= 0.3 is 17.8 Å². The standard InChI is InChI=1S/C20H21N3O7/c1-20(2,3)18(25)28-8-10-4-11(23-6-14-15(7-23)30-19(26)29-14)16-13(5-10)27-9-12(24)17(16)22-21/h4-5,14-15H,6-9H2,1-3H3/t14-,15+. The first kappa shape index (κ1) is 19.9. The number of Topliss-reactive ketones (excluding diaryl/α,β-unsaturated/α-hetero) is 1. The summed E-state index contributed by atoms with van der Waals surface area (Å²) in [4.78, 5) is 40.7. The van der Waals surface area contributed by atoms with E-state index in [4.69, 9.17) is 18.9 Å². The van der Waals surface area contributed by atoms with Gasteiger partial charge in [-0.1, -0.05) is 0 Å². The molecule has 30 heavy (non-hydrogen) atoms. The number of hydrogen-bond donors (Lipinski definition) is 0. The Morgan fingerprint density at radius 3 is 2.50 bits per heavy atom. The number of esters is 1. The second kappa shape index (κ2) is 7.14. The Labute approximate surface area is 172 Å². The summed E-state index contributed by atoms with van der Waals surface area (Å²) in [6.07, 6.45) is -1.58. The third-order valence-electron chi connectivity index (χ3n) is 5.13. The summed E-state index contributed by atoms with van der Waals surface area (Å²) in [5.74, 6) is -0.469. The fourth-order valence-electron chi connectivity index (χ4n) is 3.61. The lowest BCUT2D eigenvalue weighted by Crippen LogP contribution is -2.33. The van der Waals surface area contributed by atoms with Crippen molar-refractivity contribution in [3.05, 3.63) is 28.8 Å². The van der Waals surface area contributed by atoms with Crippen molar-refractivity contribution in [3.8, 4) is 5.75 Å². The monoisotopic (exact) mass is 415 g/mol. The first-order valence-electron chi connectivity index (χ1n) is 9.52. The summed E-state index contributed by atoms with van der Waals surface area (Å²) in [7, 11) is 0. The Morgan fingerprint density at radius 2 is 1.90 bits per heavy atom. The first-order valence-corrected chi connectivity index (χ1v) is 9.52. The topological polar surface area (TPSA) is 128 Å². The highest BCUT2D eigenvalue weighted by Crippen LogP contribution is 2.38. The number of hydrogen-bond acceptors (Lipinski definition) is 8. The Bertz CT molecular complexity index is 975. The average Bonchev–Trinajstić information content (AvgIpc) is 3.22. The van der Waals surface area contributed by atoms with Gasteiger partial charge in [0, 0.05) is 0 Å². The largest absolute Gasteiger partial charge is 0.509 e. The van der Waals surface area contributed by atoms with Crippen LogP contribution in [-0.2, 0) is 30.4 Å². The molecule has 0 aliphatic carbocycles. The summed E-state index contributed by atoms with van der Waals surface area (Å²) >= 11 is 0. The number of ketones is 1. The number of benzene rings is 1. The SMILES string of the molecule is CC(C)(C)C(=O)OCc1cc2c(c(N3C[C@@H]4OC(=O)O[C@@H]4C3)c1)C(=[N+]=[N-])C(=O)CO2. The maximum absolute atomic E-state index is 12.2. The number of nitrogens with zero attached hydrogens (tertiary/aromatic N) is 3. The summed E-state index contributed by atoms with van der Waals surface area (Å²) < 4.78 is 21.3. The normalized spacial score (nSPS) is 22.5. The van der Waals surface area contributed by atoms with Crippen molar-refractivity contribution in [2.75, 3.05) is 24.6 Å². The fourth-order valence-corrected chi connectivity index (χ4v) is 3.61. The van der Waals surface area contributed by atoms with Crippen molar-refractivity contribution < 1.29 is 38.1 Å². The van der Waals surface area contributed by atoms with E-state index in [9.17, 15) is 19.9 Å². The Morgan fingerprint density at radius 1 is 1.23 bits per heavy atom. The van der Waals surface area contributed by atoms with E-state index in [2.05, 4.69) is 4.79 Å². The molecule has 1 aromatic rings. The molecule has 10 heteroatoms. The molecule has 3 aliphatic rings. The van der Waals surface area contributed by atoms with Gasteiger partial charge < -0.3 is 29.4 Å². The fraction of sp³-hybridized carbons (Fsp3) is 0.500. The lowest BCUT2D eigenvalue weighted by Gasteiger charge is -2.25. The molecule has 0 saturated carbocycles. The predicted octanol–water partition coefficient (Wildman–Crippen LogP) is 1.48. The van der Waals surface area contributed by atoms with Gasteiger partial charge in [0.15, 0.2) is 18.8 Å². The minimum Gasteiger partial charge on any atom is -0.484 e. The zero-order chi connectivity index (χ0) is 21.6. The van der Waals surface area contributed by atoms with Crippen LogP contribution in [0.25, 0.3) is 5.53 Å². The number of anilines is 1. The summed E-state index contributed by atoms with van der Waals surface area (Å²) in [5, 5.41) is 0. The number of ether oxygens (including phenoxy) is 4. The van der Waals surface area contributed by atoms with Crippen LogP contribution in [0.1, 0.15) is 31.9 Å². The number of carbonyl (C=O) groups is 3. The third-order valence-corrected chi connectivity index (χ3v) is 5.13. The van der Waals surface area contributed by atoms with Crippen molar-refractivity contribution in [2.45, 2.75) is 39.6 Å². The van der Waals surface area contributed by atoms with Gasteiger partial charge in [0.1, 0.15) is 17.9 Å². The minimum atomic E-state index is -0.703. The van der Waals surface area contributed by atoms with Crippen LogP contribution < -0.4 is 9.64 Å². The Kier molecular flexibility index (Phi) is 4.74. The van der Waals surface area contributed by atoms with E-state index in [0.717, 1.165) is 0 Å². The maximum atomic E-state index is 12.2. The quantitative estimate of drug-likeness (QED) is 0.413. The highest BCUT2D eigenvalue weighted by molar-refractivity contribution is 6.47. The number of rotatable bonds is 3. The summed E-state index contributed by atoms with van der Waals surface area (Å²) in [6.45, 7) is 5.69. The molecule has 0 aromatic heterocycles. The number of carbonyl (C=O) groups excluding carboxylic acids is 3. The molecule has 0 spiro atoms. The molecule has 10 nitrogen and oxygen atoms in total. The van der Waals surface area contributed by atoms with E-state index in [1.165, 1.54) is 0 Å². The van der Waals surface area contributed by atoms with Crippen molar-refractivity contribution in [2.24, 2.45) is 5.41 Å². The van der Waals surface area contributed by atoms with Crippen molar-refractivity contribution in [1.82, 2.24) is 0 Å². The highest BCUT2D eigenvalue weighted by atomic mass is 16.8.